The number of hydrogen-bond acceptors (Lipinski definition) is 3. The number of carbonyl (C=O) groups excluding carboxylic acids is 1. The molecule has 0 aromatic carbocycles. The minimum absolute atomic E-state index is 0.0754. The number of amides is 1. The summed E-state index contributed by atoms with van der Waals surface area (Å²) >= 11 is 0. The summed E-state index contributed by atoms with van der Waals surface area (Å²) < 4.78 is 0. The van der Waals surface area contributed by atoms with Crippen molar-refractivity contribution in [3.05, 3.63) is 72.9 Å². The zero-order valence-electron chi connectivity index (χ0n) is 40.7. The zero-order valence-corrected chi connectivity index (χ0v) is 40.7. The van der Waals surface area contributed by atoms with E-state index in [1.165, 1.54) is 173 Å². The van der Waals surface area contributed by atoms with Gasteiger partial charge in [0.2, 0.25) is 5.91 Å². The van der Waals surface area contributed by atoms with Gasteiger partial charge in [-0.3, -0.25) is 4.79 Å². The molecule has 0 fully saturated rings. The van der Waals surface area contributed by atoms with Crippen molar-refractivity contribution in [2.24, 2.45) is 0 Å². The van der Waals surface area contributed by atoms with Crippen molar-refractivity contribution in [2.45, 2.75) is 276 Å². The lowest BCUT2D eigenvalue weighted by atomic mass is 10.0. The van der Waals surface area contributed by atoms with Gasteiger partial charge < -0.3 is 15.5 Å². The molecule has 0 spiro atoms. The molecule has 0 heterocycles. The van der Waals surface area contributed by atoms with Crippen LogP contribution in [0.5, 0.6) is 0 Å². The Kier molecular flexibility index (Phi) is 50.3. The van der Waals surface area contributed by atoms with Gasteiger partial charge in [0.05, 0.1) is 18.8 Å². The lowest BCUT2D eigenvalue weighted by molar-refractivity contribution is -0.123. The maximum atomic E-state index is 12.5. The summed E-state index contributed by atoms with van der Waals surface area (Å²) in [6.07, 6.45) is 74.7. The molecule has 3 N–H and O–H groups in total. The highest BCUT2D eigenvalue weighted by molar-refractivity contribution is 5.76. The number of rotatable bonds is 48. The molecule has 0 aliphatic carbocycles. The zero-order chi connectivity index (χ0) is 44.2. The molecule has 0 radical (unpaired) electrons. The van der Waals surface area contributed by atoms with Crippen LogP contribution in [0.15, 0.2) is 72.9 Å². The summed E-state index contributed by atoms with van der Waals surface area (Å²) in [5.41, 5.74) is 0. The van der Waals surface area contributed by atoms with E-state index in [1.807, 2.05) is 6.08 Å². The molecule has 0 aliphatic rings. The van der Waals surface area contributed by atoms with Crippen molar-refractivity contribution in [2.75, 3.05) is 6.61 Å². The molecular formula is C57H103NO3. The van der Waals surface area contributed by atoms with Crippen LogP contribution in [0.25, 0.3) is 0 Å². The van der Waals surface area contributed by atoms with Gasteiger partial charge in [0.15, 0.2) is 0 Å². The van der Waals surface area contributed by atoms with Gasteiger partial charge in [-0.1, -0.05) is 267 Å². The van der Waals surface area contributed by atoms with Crippen molar-refractivity contribution < 1.29 is 15.0 Å². The van der Waals surface area contributed by atoms with Gasteiger partial charge in [-0.15, -0.1) is 0 Å². The molecule has 0 bridgehead atoms. The molecule has 0 rings (SSSR count). The van der Waals surface area contributed by atoms with Crippen molar-refractivity contribution >= 4 is 5.91 Å². The predicted molar refractivity (Wildman–Crippen MR) is 271 cm³/mol. The fraction of sp³-hybridized carbons (Fsp3) is 0.772. The van der Waals surface area contributed by atoms with E-state index in [0.717, 1.165) is 70.6 Å². The molecule has 0 saturated carbocycles. The molecule has 61 heavy (non-hydrogen) atoms. The standard InChI is InChI=1S/C57H103NO3/c1-3-5-7-9-11-13-15-17-19-21-23-25-27-28-29-31-32-34-36-38-40-42-44-46-48-50-52-56(60)55(54-59)58-57(61)53-51-49-47-45-43-41-39-37-35-33-30-26-24-22-20-18-16-14-12-10-8-6-4-2/h6,8,12,14,18,20,24,26,33,35,50,52,55-56,59-60H,3-5,7,9-11,13,15-17,19,21-23,25,27-32,34,36-49,51,53-54H2,1-2H3,(H,58,61)/b8-6-,14-12-,20-18-,26-24-,35-33-,52-50+. The van der Waals surface area contributed by atoms with Crippen molar-refractivity contribution in [1.29, 1.82) is 0 Å². The largest absolute Gasteiger partial charge is 0.394 e. The van der Waals surface area contributed by atoms with Gasteiger partial charge in [-0.25, -0.2) is 0 Å². The van der Waals surface area contributed by atoms with Crippen LogP contribution in [0.4, 0.5) is 0 Å². The molecule has 4 nitrogen and oxygen atoms in total. The Morgan fingerprint density at radius 1 is 0.410 bits per heavy atom. The third-order valence-corrected chi connectivity index (χ3v) is 11.9. The first-order valence-corrected chi connectivity index (χ1v) is 26.7. The molecule has 0 saturated heterocycles. The normalized spacial score (nSPS) is 13.4. The highest BCUT2D eigenvalue weighted by Crippen LogP contribution is 2.16. The first kappa shape index (κ1) is 58.8. The van der Waals surface area contributed by atoms with Crippen molar-refractivity contribution in [3.8, 4) is 0 Å². The Balaban J connectivity index is 3.55. The summed E-state index contributed by atoms with van der Waals surface area (Å²) in [6, 6.07) is -0.633. The van der Waals surface area contributed by atoms with Crippen LogP contribution in [0.3, 0.4) is 0 Å². The minimum atomic E-state index is -0.849. The van der Waals surface area contributed by atoms with Gasteiger partial charge in [-0.2, -0.15) is 0 Å². The second kappa shape index (κ2) is 52.2. The SMILES string of the molecule is CC/C=C\C/C=C\C/C=C\C/C=C\C/C=C\CCCCCCCCCC(=O)NC(CO)C(O)/C=C/CCCCCCCCCCCCCCCCCCCCCCCCCC. The van der Waals surface area contributed by atoms with Gasteiger partial charge >= 0.3 is 0 Å². The van der Waals surface area contributed by atoms with E-state index in [0.29, 0.717) is 6.42 Å². The quantitative estimate of drug-likeness (QED) is 0.0422. The average Bonchev–Trinajstić information content (AvgIpc) is 3.26. The third-order valence-electron chi connectivity index (χ3n) is 11.9. The van der Waals surface area contributed by atoms with E-state index in [4.69, 9.17) is 0 Å². The Morgan fingerprint density at radius 2 is 0.721 bits per heavy atom. The smallest absolute Gasteiger partial charge is 0.220 e. The molecule has 0 aromatic rings. The Bertz CT molecular complexity index is 1050. The number of hydrogen-bond donors (Lipinski definition) is 3. The third kappa shape index (κ3) is 48.7. The summed E-state index contributed by atoms with van der Waals surface area (Å²) in [5.74, 6) is -0.0754. The Hall–Kier alpha value is -2.17. The number of unbranched alkanes of at least 4 members (excludes halogenated alkanes) is 31. The number of allylic oxidation sites excluding steroid dienone is 11. The number of aliphatic hydroxyl groups is 2. The van der Waals surface area contributed by atoms with Gasteiger partial charge in [0.25, 0.3) is 0 Å². The van der Waals surface area contributed by atoms with E-state index in [9.17, 15) is 15.0 Å². The van der Waals surface area contributed by atoms with Crippen LogP contribution in [0.1, 0.15) is 264 Å². The molecule has 354 valence electrons. The Labute approximate surface area is 380 Å². The van der Waals surface area contributed by atoms with E-state index in [2.05, 4.69) is 79.9 Å². The topological polar surface area (TPSA) is 69.6 Å². The van der Waals surface area contributed by atoms with Crippen molar-refractivity contribution in [1.82, 2.24) is 5.32 Å². The van der Waals surface area contributed by atoms with Gasteiger partial charge in [0, 0.05) is 6.42 Å². The summed E-state index contributed by atoms with van der Waals surface area (Å²) in [6.45, 7) is 4.21. The first-order valence-electron chi connectivity index (χ1n) is 26.7. The average molecular weight is 850 g/mol. The van der Waals surface area contributed by atoms with Gasteiger partial charge in [0.1, 0.15) is 0 Å². The fourth-order valence-electron chi connectivity index (χ4n) is 7.91. The maximum absolute atomic E-state index is 12.5. The van der Waals surface area contributed by atoms with Crippen LogP contribution in [-0.4, -0.2) is 34.9 Å². The highest BCUT2D eigenvalue weighted by atomic mass is 16.3. The predicted octanol–water partition coefficient (Wildman–Crippen LogP) is 17.4. The molecule has 0 aromatic heterocycles. The van der Waals surface area contributed by atoms with Crippen LogP contribution in [0, 0.1) is 0 Å². The van der Waals surface area contributed by atoms with E-state index in [1.54, 1.807) is 6.08 Å². The monoisotopic (exact) mass is 850 g/mol. The van der Waals surface area contributed by atoms with Gasteiger partial charge in [-0.05, 0) is 64.2 Å². The molecule has 2 unspecified atom stereocenters. The fourth-order valence-corrected chi connectivity index (χ4v) is 7.91. The van der Waals surface area contributed by atoms with Crippen LogP contribution >= 0.6 is 0 Å². The minimum Gasteiger partial charge on any atom is -0.394 e. The van der Waals surface area contributed by atoms with Crippen LogP contribution < -0.4 is 5.32 Å². The lowest BCUT2D eigenvalue weighted by Gasteiger charge is -2.20. The van der Waals surface area contributed by atoms with E-state index in [-0.39, 0.29) is 12.5 Å². The lowest BCUT2D eigenvalue weighted by Crippen LogP contribution is -2.45. The van der Waals surface area contributed by atoms with E-state index < -0.39 is 12.1 Å². The highest BCUT2D eigenvalue weighted by Gasteiger charge is 2.18. The summed E-state index contributed by atoms with van der Waals surface area (Å²) in [5, 5.41) is 23.2. The van der Waals surface area contributed by atoms with Crippen molar-refractivity contribution in [3.63, 3.8) is 0 Å². The Morgan fingerprint density at radius 3 is 1.08 bits per heavy atom. The molecule has 4 heteroatoms. The first-order chi connectivity index (χ1) is 30.2. The second-order valence-electron chi connectivity index (χ2n) is 17.9. The maximum Gasteiger partial charge on any atom is 0.220 e. The second-order valence-corrected chi connectivity index (χ2v) is 17.9. The molecule has 2 atom stereocenters. The summed E-state index contributed by atoms with van der Waals surface area (Å²) in [4.78, 5) is 12.5. The number of carbonyl (C=O) groups is 1. The van der Waals surface area contributed by atoms with Crippen LogP contribution in [0.2, 0.25) is 0 Å². The molecule has 0 aliphatic heterocycles. The van der Waals surface area contributed by atoms with E-state index >= 15 is 0 Å². The van der Waals surface area contributed by atoms with Crippen LogP contribution in [-0.2, 0) is 4.79 Å². The number of nitrogens with one attached hydrogen (secondary N) is 1. The molecule has 1 amide bonds. The number of aliphatic hydroxyl groups excluding tert-OH is 2. The summed E-state index contributed by atoms with van der Waals surface area (Å²) in [7, 11) is 0. The molecular weight excluding hydrogens is 747 g/mol.